The lowest BCUT2D eigenvalue weighted by Gasteiger charge is -2.50. The SMILES string of the molecule is CCNC(c1cc(C)ccc1F)C1CN2CCN1CC2. The van der Waals surface area contributed by atoms with Gasteiger partial charge in [-0.15, -0.1) is 0 Å². The van der Waals surface area contributed by atoms with Crippen molar-refractivity contribution in [3.05, 3.63) is 35.1 Å². The molecule has 1 aromatic carbocycles. The molecule has 0 amide bonds. The van der Waals surface area contributed by atoms with E-state index in [4.69, 9.17) is 0 Å². The minimum absolute atomic E-state index is 0.0841. The lowest BCUT2D eigenvalue weighted by Crippen LogP contribution is -2.64. The average molecular weight is 277 g/mol. The fourth-order valence-electron chi connectivity index (χ4n) is 3.55. The Morgan fingerprint density at radius 1 is 1.30 bits per heavy atom. The highest BCUT2D eigenvalue weighted by Crippen LogP contribution is 2.29. The molecule has 0 radical (unpaired) electrons. The molecular formula is C16H24FN3. The Bertz CT molecular complexity index is 469. The molecule has 0 spiro atoms. The average Bonchev–Trinajstić information content (AvgIpc) is 2.49. The van der Waals surface area contributed by atoms with Gasteiger partial charge in [-0.2, -0.15) is 0 Å². The van der Waals surface area contributed by atoms with Crippen LogP contribution in [0.15, 0.2) is 18.2 Å². The van der Waals surface area contributed by atoms with Crippen LogP contribution in [0.5, 0.6) is 0 Å². The molecule has 0 aromatic heterocycles. The van der Waals surface area contributed by atoms with Crippen molar-refractivity contribution >= 4 is 0 Å². The van der Waals surface area contributed by atoms with Gasteiger partial charge in [-0.25, -0.2) is 4.39 Å². The number of nitrogens with one attached hydrogen (secondary N) is 1. The van der Waals surface area contributed by atoms with Gasteiger partial charge in [-0.3, -0.25) is 9.80 Å². The van der Waals surface area contributed by atoms with E-state index in [0.717, 1.165) is 50.4 Å². The van der Waals surface area contributed by atoms with E-state index in [2.05, 4.69) is 22.0 Å². The molecule has 3 heterocycles. The minimum atomic E-state index is -0.0841. The Labute approximate surface area is 120 Å². The predicted molar refractivity (Wildman–Crippen MR) is 79.4 cm³/mol. The van der Waals surface area contributed by atoms with Gasteiger partial charge < -0.3 is 5.32 Å². The van der Waals surface area contributed by atoms with Crippen molar-refractivity contribution in [2.24, 2.45) is 0 Å². The summed E-state index contributed by atoms with van der Waals surface area (Å²) >= 11 is 0. The molecule has 2 bridgehead atoms. The van der Waals surface area contributed by atoms with E-state index in [1.165, 1.54) is 0 Å². The molecule has 3 saturated heterocycles. The molecule has 2 unspecified atom stereocenters. The van der Waals surface area contributed by atoms with Crippen LogP contribution in [-0.4, -0.2) is 55.1 Å². The van der Waals surface area contributed by atoms with Crippen LogP contribution in [0.1, 0.15) is 24.1 Å². The Morgan fingerprint density at radius 3 is 2.65 bits per heavy atom. The van der Waals surface area contributed by atoms with Gasteiger partial charge in [0.15, 0.2) is 0 Å². The largest absolute Gasteiger partial charge is 0.309 e. The first kappa shape index (κ1) is 14.0. The molecule has 0 aliphatic carbocycles. The molecule has 3 aliphatic rings. The number of aryl methyl sites for hydroxylation is 1. The van der Waals surface area contributed by atoms with Gasteiger partial charge in [0.1, 0.15) is 5.82 Å². The molecule has 110 valence electrons. The van der Waals surface area contributed by atoms with Crippen LogP contribution in [-0.2, 0) is 0 Å². The summed E-state index contributed by atoms with van der Waals surface area (Å²) in [5.41, 5.74) is 1.95. The maximum Gasteiger partial charge on any atom is 0.128 e. The van der Waals surface area contributed by atoms with Crippen LogP contribution in [0.3, 0.4) is 0 Å². The number of benzene rings is 1. The summed E-state index contributed by atoms with van der Waals surface area (Å²) in [6.45, 7) is 10.6. The topological polar surface area (TPSA) is 18.5 Å². The molecule has 3 fully saturated rings. The number of rotatable bonds is 4. The van der Waals surface area contributed by atoms with E-state index in [9.17, 15) is 4.39 Å². The molecule has 2 atom stereocenters. The Kier molecular flexibility index (Phi) is 4.06. The number of piperazine rings is 3. The zero-order valence-corrected chi connectivity index (χ0v) is 12.4. The fourth-order valence-corrected chi connectivity index (χ4v) is 3.55. The fraction of sp³-hybridized carbons (Fsp3) is 0.625. The van der Waals surface area contributed by atoms with Crippen molar-refractivity contribution in [1.29, 1.82) is 0 Å². The second kappa shape index (κ2) is 5.80. The quantitative estimate of drug-likeness (QED) is 0.905. The van der Waals surface area contributed by atoms with Crippen molar-refractivity contribution in [2.75, 3.05) is 39.3 Å². The highest BCUT2D eigenvalue weighted by molar-refractivity contribution is 5.28. The number of hydrogen-bond acceptors (Lipinski definition) is 3. The van der Waals surface area contributed by atoms with E-state index in [-0.39, 0.29) is 11.9 Å². The van der Waals surface area contributed by atoms with Crippen molar-refractivity contribution in [3.63, 3.8) is 0 Å². The molecule has 4 rings (SSSR count). The van der Waals surface area contributed by atoms with E-state index in [1.54, 1.807) is 6.07 Å². The van der Waals surface area contributed by atoms with Gasteiger partial charge in [-0.05, 0) is 19.5 Å². The zero-order chi connectivity index (χ0) is 14.1. The lowest BCUT2D eigenvalue weighted by molar-refractivity contribution is -0.00393. The summed E-state index contributed by atoms with van der Waals surface area (Å²) in [6, 6.07) is 5.92. The van der Waals surface area contributed by atoms with E-state index in [0.29, 0.717) is 6.04 Å². The van der Waals surface area contributed by atoms with Crippen LogP contribution in [0.4, 0.5) is 4.39 Å². The molecule has 3 aliphatic heterocycles. The van der Waals surface area contributed by atoms with Crippen molar-refractivity contribution in [3.8, 4) is 0 Å². The third-order valence-corrected chi connectivity index (χ3v) is 4.62. The van der Waals surface area contributed by atoms with Crippen LogP contribution >= 0.6 is 0 Å². The summed E-state index contributed by atoms with van der Waals surface area (Å²) in [4.78, 5) is 5.03. The van der Waals surface area contributed by atoms with E-state index >= 15 is 0 Å². The summed E-state index contributed by atoms with van der Waals surface area (Å²) in [5, 5.41) is 3.51. The molecular weight excluding hydrogens is 253 g/mol. The first-order valence-electron chi connectivity index (χ1n) is 7.65. The van der Waals surface area contributed by atoms with Crippen molar-refractivity contribution < 1.29 is 4.39 Å². The standard InChI is InChI=1S/C16H24FN3/c1-3-18-16(13-10-12(2)4-5-14(13)17)15-11-19-6-8-20(15)9-7-19/h4-5,10,15-16,18H,3,6-9,11H2,1-2H3. The second-order valence-electron chi connectivity index (χ2n) is 5.96. The maximum absolute atomic E-state index is 14.3. The number of fused-ring (bicyclic) bond motifs is 3. The third-order valence-electron chi connectivity index (χ3n) is 4.62. The van der Waals surface area contributed by atoms with Crippen LogP contribution in [0.2, 0.25) is 0 Å². The molecule has 0 saturated carbocycles. The second-order valence-corrected chi connectivity index (χ2v) is 5.96. The van der Waals surface area contributed by atoms with Crippen LogP contribution in [0, 0.1) is 12.7 Å². The Balaban J connectivity index is 1.90. The van der Waals surface area contributed by atoms with Gasteiger partial charge in [0.25, 0.3) is 0 Å². The molecule has 1 aromatic rings. The third kappa shape index (κ3) is 2.60. The normalized spacial score (nSPS) is 30.4. The van der Waals surface area contributed by atoms with Gasteiger partial charge >= 0.3 is 0 Å². The highest BCUT2D eigenvalue weighted by atomic mass is 19.1. The number of likely N-dealkylation sites (N-methyl/N-ethyl adjacent to an activating group) is 1. The minimum Gasteiger partial charge on any atom is -0.309 e. The van der Waals surface area contributed by atoms with Crippen molar-refractivity contribution in [2.45, 2.75) is 25.9 Å². The first-order valence-corrected chi connectivity index (χ1v) is 7.65. The number of halogens is 1. The number of nitrogens with zero attached hydrogens (tertiary/aromatic N) is 2. The summed E-state index contributed by atoms with van der Waals surface area (Å²) in [7, 11) is 0. The molecule has 1 N–H and O–H groups in total. The monoisotopic (exact) mass is 277 g/mol. The van der Waals surface area contributed by atoms with Crippen LogP contribution in [0.25, 0.3) is 0 Å². The molecule has 3 nitrogen and oxygen atoms in total. The van der Waals surface area contributed by atoms with E-state index < -0.39 is 0 Å². The maximum atomic E-state index is 14.3. The van der Waals surface area contributed by atoms with Gasteiger partial charge in [-0.1, -0.05) is 24.6 Å². The van der Waals surface area contributed by atoms with Crippen LogP contribution < -0.4 is 5.32 Å². The van der Waals surface area contributed by atoms with Crippen molar-refractivity contribution in [1.82, 2.24) is 15.1 Å². The smallest absolute Gasteiger partial charge is 0.128 e. The molecule has 4 heteroatoms. The highest BCUT2D eigenvalue weighted by Gasteiger charge is 2.37. The predicted octanol–water partition coefficient (Wildman–Crippen LogP) is 1.78. The summed E-state index contributed by atoms with van der Waals surface area (Å²) in [6.07, 6.45) is 0. The Hall–Kier alpha value is -0.970. The zero-order valence-electron chi connectivity index (χ0n) is 12.4. The summed E-state index contributed by atoms with van der Waals surface area (Å²) in [5.74, 6) is -0.0841. The summed E-state index contributed by atoms with van der Waals surface area (Å²) < 4.78 is 14.3. The van der Waals surface area contributed by atoms with Gasteiger partial charge in [0, 0.05) is 44.3 Å². The number of hydrogen-bond donors (Lipinski definition) is 1. The molecule has 20 heavy (non-hydrogen) atoms. The lowest BCUT2D eigenvalue weighted by atomic mass is 9.92. The van der Waals surface area contributed by atoms with Gasteiger partial charge in [0.05, 0.1) is 6.04 Å². The Morgan fingerprint density at radius 2 is 2.05 bits per heavy atom. The first-order chi connectivity index (χ1) is 9.69. The van der Waals surface area contributed by atoms with E-state index in [1.807, 2.05) is 19.1 Å². The van der Waals surface area contributed by atoms with Gasteiger partial charge in [0.2, 0.25) is 0 Å².